The van der Waals surface area contributed by atoms with E-state index < -0.39 is 10.0 Å². The van der Waals surface area contributed by atoms with E-state index in [-0.39, 0.29) is 20.7 Å². The van der Waals surface area contributed by atoms with Crippen molar-refractivity contribution in [1.82, 2.24) is 9.55 Å². The number of anilines is 1. The van der Waals surface area contributed by atoms with Gasteiger partial charge in [0.2, 0.25) is 0 Å². The van der Waals surface area contributed by atoms with Crippen LogP contribution in [0, 0.1) is 0 Å². The minimum atomic E-state index is -3.79. The van der Waals surface area contributed by atoms with Crippen molar-refractivity contribution in [3.63, 3.8) is 0 Å². The van der Waals surface area contributed by atoms with Gasteiger partial charge in [-0.3, -0.25) is 4.72 Å². The second kappa shape index (κ2) is 6.00. The van der Waals surface area contributed by atoms with E-state index in [4.69, 9.17) is 29.6 Å². The maximum absolute atomic E-state index is 12.2. The maximum atomic E-state index is 12.2. The number of halogens is 1. The molecule has 1 aromatic carbocycles. The summed E-state index contributed by atoms with van der Waals surface area (Å²) in [6.45, 7) is 2.52. The van der Waals surface area contributed by atoms with Gasteiger partial charge in [0.05, 0.1) is 17.0 Å². The summed E-state index contributed by atoms with van der Waals surface area (Å²) in [6.07, 6.45) is 2.89. The molecular weight excluding hydrogens is 332 g/mol. The summed E-state index contributed by atoms with van der Waals surface area (Å²) >= 11 is 10.9. The second-order valence-electron chi connectivity index (χ2n) is 4.21. The standard InChI is InChI=1S/C12H13ClN4O2S2/c1-2-17-6-11(15-7-17)21(18,19)16-10-4-3-8(12(14)20)5-9(10)13/h3-7,16H,2H2,1H3,(H2,14,20). The third-order valence-corrected chi connectivity index (χ3v) is 4.55. The van der Waals surface area contributed by atoms with Gasteiger partial charge in [0, 0.05) is 18.3 Å². The monoisotopic (exact) mass is 344 g/mol. The van der Waals surface area contributed by atoms with Crippen LogP contribution >= 0.6 is 23.8 Å². The molecule has 2 aromatic rings. The first kappa shape index (κ1) is 15.7. The van der Waals surface area contributed by atoms with Crippen molar-refractivity contribution in [3.05, 3.63) is 41.3 Å². The molecule has 2 rings (SSSR count). The molecular formula is C12H13ClN4O2S2. The molecule has 6 nitrogen and oxygen atoms in total. The van der Waals surface area contributed by atoms with Crippen LogP contribution in [0.25, 0.3) is 0 Å². The Bertz CT molecular complexity index is 786. The largest absolute Gasteiger partial charge is 0.389 e. The number of nitrogens with one attached hydrogen (secondary N) is 1. The zero-order chi connectivity index (χ0) is 15.6. The SMILES string of the molecule is CCn1cnc(S(=O)(=O)Nc2ccc(C(N)=S)cc2Cl)c1. The molecule has 0 atom stereocenters. The lowest BCUT2D eigenvalue weighted by atomic mass is 10.2. The van der Waals surface area contributed by atoms with Crippen LogP contribution in [-0.2, 0) is 16.6 Å². The summed E-state index contributed by atoms with van der Waals surface area (Å²) < 4.78 is 28.5. The molecule has 0 aliphatic carbocycles. The quantitative estimate of drug-likeness (QED) is 0.809. The summed E-state index contributed by atoms with van der Waals surface area (Å²) in [5.74, 6) is 0. The predicted octanol–water partition coefficient (Wildman–Crippen LogP) is 1.99. The highest BCUT2D eigenvalue weighted by molar-refractivity contribution is 7.92. The average molecular weight is 345 g/mol. The van der Waals surface area contributed by atoms with E-state index >= 15 is 0 Å². The Labute approximate surface area is 133 Å². The van der Waals surface area contributed by atoms with Crippen LogP contribution < -0.4 is 10.5 Å². The number of thiocarbonyl (C=S) groups is 1. The molecule has 0 amide bonds. The van der Waals surface area contributed by atoms with Crippen LogP contribution in [0.2, 0.25) is 5.02 Å². The Morgan fingerprint density at radius 2 is 2.24 bits per heavy atom. The third-order valence-electron chi connectivity index (χ3n) is 2.75. The Morgan fingerprint density at radius 3 is 2.76 bits per heavy atom. The normalized spacial score (nSPS) is 11.3. The van der Waals surface area contributed by atoms with E-state index in [1.54, 1.807) is 10.6 Å². The summed E-state index contributed by atoms with van der Waals surface area (Å²) in [6, 6.07) is 4.61. The zero-order valence-corrected chi connectivity index (χ0v) is 13.5. The average Bonchev–Trinajstić information content (AvgIpc) is 2.90. The van der Waals surface area contributed by atoms with Crippen LogP contribution in [-0.4, -0.2) is 23.0 Å². The van der Waals surface area contributed by atoms with E-state index in [1.165, 1.54) is 24.7 Å². The Kier molecular flexibility index (Phi) is 4.50. The molecule has 3 N–H and O–H groups in total. The molecule has 1 aromatic heterocycles. The molecule has 0 aliphatic heterocycles. The number of nitrogens with two attached hydrogens (primary N) is 1. The van der Waals surface area contributed by atoms with Crippen LogP contribution in [0.4, 0.5) is 5.69 Å². The van der Waals surface area contributed by atoms with Crippen molar-refractivity contribution < 1.29 is 8.42 Å². The summed E-state index contributed by atoms with van der Waals surface area (Å²) in [4.78, 5) is 4.05. The van der Waals surface area contributed by atoms with Crippen LogP contribution in [0.1, 0.15) is 12.5 Å². The first-order valence-corrected chi connectivity index (χ1v) is 8.24. The first-order chi connectivity index (χ1) is 9.83. The van der Waals surface area contributed by atoms with E-state index in [0.29, 0.717) is 12.1 Å². The molecule has 0 spiro atoms. The number of aryl methyl sites for hydroxylation is 1. The molecule has 9 heteroatoms. The van der Waals surface area contributed by atoms with Crippen LogP contribution in [0.5, 0.6) is 0 Å². The minimum absolute atomic E-state index is 0.0705. The number of nitrogens with zero attached hydrogens (tertiary/aromatic N) is 2. The maximum Gasteiger partial charge on any atom is 0.280 e. The van der Waals surface area contributed by atoms with Gasteiger partial charge in [-0.15, -0.1) is 0 Å². The number of hydrogen-bond donors (Lipinski definition) is 2. The van der Waals surface area contributed by atoms with Crippen molar-refractivity contribution >= 4 is 44.5 Å². The highest BCUT2D eigenvalue weighted by atomic mass is 35.5. The summed E-state index contributed by atoms with van der Waals surface area (Å²) in [7, 11) is -3.79. The topological polar surface area (TPSA) is 90.0 Å². The van der Waals surface area contributed by atoms with Crippen molar-refractivity contribution in [2.24, 2.45) is 5.73 Å². The number of aromatic nitrogens is 2. The van der Waals surface area contributed by atoms with Crippen LogP contribution in [0.3, 0.4) is 0 Å². The summed E-state index contributed by atoms with van der Waals surface area (Å²) in [5, 5.41) is 0.137. The summed E-state index contributed by atoms with van der Waals surface area (Å²) in [5.41, 5.74) is 6.29. The van der Waals surface area contributed by atoms with Gasteiger partial charge in [0.1, 0.15) is 4.99 Å². The van der Waals surface area contributed by atoms with Gasteiger partial charge in [-0.25, -0.2) is 4.98 Å². The molecule has 0 bridgehead atoms. The molecule has 0 fully saturated rings. The fourth-order valence-electron chi connectivity index (χ4n) is 1.60. The number of rotatable bonds is 5. The fourth-order valence-corrected chi connectivity index (χ4v) is 3.04. The van der Waals surface area contributed by atoms with Gasteiger partial charge in [-0.2, -0.15) is 8.42 Å². The Balaban J connectivity index is 2.30. The Morgan fingerprint density at radius 1 is 1.52 bits per heavy atom. The molecule has 1 heterocycles. The van der Waals surface area contributed by atoms with Crippen LogP contribution in [0.15, 0.2) is 35.7 Å². The molecule has 21 heavy (non-hydrogen) atoms. The van der Waals surface area contributed by atoms with E-state index in [2.05, 4.69) is 9.71 Å². The van der Waals surface area contributed by atoms with Crippen molar-refractivity contribution in [2.75, 3.05) is 4.72 Å². The van der Waals surface area contributed by atoms with Gasteiger partial charge in [0.15, 0.2) is 5.03 Å². The lowest BCUT2D eigenvalue weighted by Crippen LogP contribution is -2.14. The van der Waals surface area contributed by atoms with Gasteiger partial charge in [-0.05, 0) is 25.1 Å². The van der Waals surface area contributed by atoms with Gasteiger partial charge in [0.25, 0.3) is 10.0 Å². The number of benzene rings is 1. The third kappa shape index (κ3) is 3.52. The highest BCUT2D eigenvalue weighted by Gasteiger charge is 2.19. The first-order valence-electron chi connectivity index (χ1n) is 5.97. The highest BCUT2D eigenvalue weighted by Crippen LogP contribution is 2.25. The Hall–Kier alpha value is -1.64. The smallest absolute Gasteiger partial charge is 0.280 e. The van der Waals surface area contributed by atoms with Crippen molar-refractivity contribution in [1.29, 1.82) is 0 Å². The van der Waals surface area contributed by atoms with Gasteiger partial charge < -0.3 is 10.3 Å². The van der Waals surface area contributed by atoms with Crippen molar-refractivity contribution in [3.8, 4) is 0 Å². The molecule has 112 valence electrons. The zero-order valence-electron chi connectivity index (χ0n) is 11.1. The van der Waals surface area contributed by atoms with Crippen molar-refractivity contribution in [2.45, 2.75) is 18.5 Å². The molecule has 0 saturated heterocycles. The van der Waals surface area contributed by atoms with E-state index in [9.17, 15) is 8.42 Å². The lowest BCUT2D eigenvalue weighted by Gasteiger charge is -2.09. The molecule has 0 saturated carbocycles. The number of hydrogen-bond acceptors (Lipinski definition) is 4. The van der Waals surface area contributed by atoms with Gasteiger partial charge in [-0.1, -0.05) is 23.8 Å². The van der Waals surface area contributed by atoms with E-state index in [0.717, 1.165) is 0 Å². The second-order valence-corrected chi connectivity index (χ2v) is 6.68. The fraction of sp³-hybridized carbons (Fsp3) is 0.167. The van der Waals surface area contributed by atoms with E-state index in [1.807, 2.05) is 6.92 Å². The number of sulfonamides is 1. The van der Waals surface area contributed by atoms with Gasteiger partial charge >= 0.3 is 0 Å². The lowest BCUT2D eigenvalue weighted by molar-refractivity contribution is 0.598. The molecule has 0 radical (unpaired) electrons. The minimum Gasteiger partial charge on any atom is -0.389 e. The predicted molar refractivity (Wildman–Crippen MR) is 86.0 cm³/mol. The molecule has 0 unspecified atom stereocenters. The molecule has 0 aliphatic rings. The number of imidazole rings is 1.